The summed E-state index contributed by atoms with van der Waals surface area (Å²) in [6, 6.07) is 44.7. The van der Waals surface area contributed by atoms with Gasteiger partial charge in [-0.2, -0.15) is 0 Å². The van der Waals surface area contributed by atoms with E-state index in [9.17, 15) is 0 Å². The third-order valence-electron chi connectivity index (χ3n) is 7.94. The first-order valence-corrected chi connectivity index (χ1v) is 19.6. The highest BCUT2D eigenvalue weighted by molar-refractivity contribution is 8.79. The quantitative estimate of drug-likeness (QED) is 0.151. The van der Waals surface area contributed by atoms with Crippen LogP contribution in [-0.2, 0) is 0 Å². The van der Waals surface area contributed by atoms with E-state index in [1.54, 1.807) is 4.53 Å². The molecule has 36 heavy (non-hydrogen) atoms. The number of allylic oxidation sites excluding steroid dienone is 1. The third kappa shape index (κ3) is 4.20. The van der Waals surface area contributed by atoms with Crippen molar-refractivity contribution in [2.75, 3.05) is 0 Å². The molecule has 0 nitrogen and oxygen atoms in total. The first-order chi connectivity index (χ1) is 17.5. The Hall–Kier alpha value is -2.51. The van der Waals surface area contributed by atoms with Crippen LogP contribution in [0.5, 0.6) is 0 Å². The minimum absolute atomic E-state index is 0.0490. The molecular weight excluding hydrogens is 505 g/mol. The molecule has 0 fully saturated rings. The minimum atomic E-state index is -2.20. The predicted octanol–water partition coefficient (Wildman–Crippen LogP) is 6.44. The molecule has 1 atom stereocenters. The Morgan fingerprint density at radius 1 is 0.639 bits per heavy atom. The van der Waals surface area contributed by atoms with Crippen LogP contribution in [0.15, 0.2) is 145 Å². The summed E-state index contributed by atoms with van der Waals surface area (Å²) in [6.07, 6.45) is 5.85. The lowest BCUT2D eigenvalue weighted by Crippen LogP contribution is -2.69. The van der Waals surface area contributed by atoms with Crippen molar-refractivity contribution in [3.8, 4) is 0 Å². The molecule has 5 rings (SSSR count). The van der Waals surface area contributed by atoms with E-state index in [-0.39, 0.29) is 4.37 Å². The third-order valence-corrected chi connectivity index (χ3v) is 23.9. The van der Waals surface area contributed by atoms with Gasteiger partial charge in [0.2, 0.25) is 0 Å². The van der Waals surface area contributed by atoms with Gasteiger partial charge in [0.1, 0.15) is 8.07 Å². The molecule has 0 amide bonds. The highest BCUT2D eigenvalue weighted by Gasteiger charge is 2.53. The number of benzene rings is 4. The molecule has 0 saturated carbocycles. The summed E-state index contributed by atoms with van der Waals surface area (Å²) in [6.45, 7) is 9.52. The topological polar surface area (TPSA) is 0 Å². The van der Waals surface area contributed by atoms with Crippen molar-refractivity contribution >= 4 is 58.5 Å². The smallest absolute Gasteiger partial charge is 0.102 e. The maximum absolute atomic E-state index is 4.46. The second-order valence-corrected chi connectivity index (χ2v) is 21.2. The van der Waals surface area contributed by atoms with E-state index in [1.807, 2.05) is 10.8 Å². The van der Waals surface area contributed by atoms with E-state index >= 15 is 0 Å². The molecule has 4 aromatic rings. The summed E-state index contributed by atoms with van der Waals surface area (Å²) >= 11 is 0. The van der Waals surface area contributed by atoms with E-state index in [0.717, 1.165) is 6.42 Å². The second kappa shape index (κ2) is 10.5. The minimum Gasteiger partial charge on any atom is -0.102 e. The molecule has 4 heteroatoms. The van der Waals surface area contributed by atoms with E-state index in [2.05, 4.69) is 164 Å². The highest BCUT2D eigenvalue weighted by atomic mass is 33.1. The summed E-state index contributed by atoms with van der Waals surface area (Å²) in [5, 5.41) is 5.86. The average molecular weight is 537 g/mol. The van der Waals surface area contributed by atoms with Gasteiger partial charge < -0.3 is 0 Å². The zero-order chi connectivity index (χ0) is 25.1. The number of hydrogen-bond acceptors (Lipinski definition) is 2. The number of rotatable bonds is 7. The maximum Gasteiger partial charge on any atom is 0.153 e. The zero-order valence-electron chi connectivity index (χ0n) is 20.9. The van der Waals surface area contributed by atoms with Gasteiger partial charge in [-0.1, -0.05) is 179 Å². The fraction of sp³-hybridized carbons (Fsp3) is 0.125. The van der Waals surface area contributed by atoms with E-state index < -0.39 is 16.1 Å². The van der Waals surface area contributed by atoms with Crippen LogP contribution in [0.4, 0.5) is 0 Å². The van der Waals surface area contributed by atoms with Crippen LogP contribution in [0, 0.1) is 0 Å². The average Bonchev–Trinajstić information content (AvgIpc) is 2.98. The molecule has 1 aliphatic heterocycles. The van der Waals surface area contributed by atoms with Crippen molar-refractivity contribution in [2.24, 2.45) is 0 Å². The molecule has 0 radical (unpaired) electrons. The lowest BCUT2D eigenvalue weighted by Gasteiger charge is -2.48. The Kier molecular flexibility index (Phi) is 7.31. The van der Waals surface area contributed by atoms with Crippen molar-refractivity contribution in [1.82, 2.24) is 0 Å². The lowest BCUT2D eigenvalue weighted by atomic mass is 10.3. The van der Waals surface area contributed by atoms with Crippen molar-refractivity contribution in [3.63, 3.8) is 0 Å². The predicted molar refractivity (Wildman–Crippen MR) is 168 cm³/mol. The molecule has 1 aliphatic rings. The van der Waals surface area contributed by atoms with Crippen molar-refractivity contribution in [2.45, 2.75) is 23.9 Å². The van der Waals surface area contributed by atoms with Crippen molar-refractivity contribution in [3.05, 3.63) is 145 Å². The first kappa shape index (κ1) is 25.2. The maximum atomic E-state index is 4.46. The van der Waals surface area contributed by atoms with E-state index in [1.165, 1.54) is 20.7 Å². The van der Waals surface area contributed by atoms with Gasteiger partial charge in [-0.25, -0.2) is 0 Å². The van der Waals surface area contributed by atoms with Gasteiger partial charge >= 0.3 is 0 Å². The highest BCUT2D eigenvalue weighted by Crippen LogP contribution is 2.54. The standard InChI is InChI=1S/C32H32S2Si2/c1-4-32(36(3,29-21-13-7-14-22-29)30-23-15-8-16-24-30)26-25-31(33-34-32)35(2,27-17-9-5-10-18-27)28-19-11-6-12-20-28/h4-25H,1,26H2,2-3H3. The molecule has 4 aromatic carbocycles. The van der Waals surface area contributed by atoms with Crippen LogP contribution in [0.25, 0.3) is 0 Å². The molecule has 180 valence electrons. The van der Waals surface area contributed by atoms with Crippen LogP contribution in [-0.4, -0.2) is 20.5 Å². The first-order valence-electron chi connectivity index (χ1n) is 12.5. The summed E-state index contributed by atoms with van der Waals surface area (Å²) in [4.78, 5) is 0. The molecule has 0 spiro atoms. The van der Waals surface area contributed by atoms with E-state index in [0.29, 0.717) is 0 Å². The van der Waals surface area contributed by atoms with Gasteiger partial charge in [0.15, 0.2) is 8.07 Å². The Morgan fingerprint density at radius 3 is 1.36 bits per heavy atom. The Bertz CT molecular complexity index is 1260. The Labute approximate surface area is 226 Å². The monoisotopic (exact) mass is 536 g/mol. The van der Waals surface area contributed by atoms with Crippen LogP contribution < -0.4 is 20.7 Å². The van der Waals surface area contributed by atoms with E-state index in [4.69, 9.17) is 0 Å². The van der Waals surface area contributed by atoms with Crippen LogP contribution >= 0.6 is 21.6 Å². The summed E-state index contributed by atoms with van der Waals surface area (Å²) < 4.78 is 1.49. The Balaban J connectivity index is 1.63. The molecule has 0 N–H and O–H groups in total. The second-order valence-electron chi connectivity index (χ2n) is 9.75. The van der Waals surface area contributed by atoms with Crippen LogP contribution in [0.3, 0.4) is 0 Å². The fourth-order valence-electron chi connectivity index (χ4n) is 5.52. The zero-order valence-corrected chi connectivity index (χ0v) is 24.6. The molecule has 1 unspecified atom stereocenters. The van der Waals surface area contributed by atoms with Crippen LogP contribution in [0.1, 0.15) is 6.42 Å². The molecular formula is C32H32S2Si2. The number of hydrogen-bond donors (Lipinski definition) is 0. The van der Waals surface area contributed by atoms with Gasteiger partial charge in [-0.05, 0) is 21.3 Å². The van der Waals surface area contributed by atoms with Gasteiger partial charge in [0, 0.05) is 0 Å². The van der Waals surface area contributed by atoms with Crippen molar-refractivity contribution < 1.29 is 0 Å². The largest absolute Gasteiger partial charge is 0.153 e. The molecule has 1 heterocycles. The van der Waals surface area contributed by atoms with Gasteiger partial charge in [-0.3, -0.25) is 0 Å². The fourth-order valence-corrected chi connectivity index (χ4v) is 21.0. The molecule has 0 aromatic heterocycles. The SMILES string of the molecule is C=CC1([Si](C)(c2ccccc2)c2ccccc2)CC=C([Si](C)(c2ccccc2)c2ccccc2)SS1. The summed E-state index contributed by atoms with van der Waals surface area (Å²) in [5.74, 6) is 0. The van der Waals surface area contributed by atoms with Gasteiger partial charge in [0.05, 0.1) is 4.37 Å². The van der Waals surface area contributed by atoms with Crippen LogP contribution in [0.2, 0.25) is 13.1 Å². The Morgan fingerprint density at radius 2 is 1.03 bits per heavy atom. The van der Waals surface area contributed by atoms with Crippen molar-refractivity contribution in [1.29, 1.82) is 0 Å². The molecule has 0 saturated heterocycles. The summed E-state index contributed by atoms with van der Waals surface area (Å²) in [7, 11) is -0.244. The lowest BCUT2D eigenvalue weighted by molar-refractivity contribution is 0.957. The molecule has 0 aliphatic carbocycles. The normalized spacial score (nSPS) is 18.3. The molecule has 0 bridgehead atoms. The summed E-state index contributed by atoms with van der Waals surface area (Å²) in [5.41, 5.74) is 0. The van der Waals surface area contributed by atoms with Gasteiger partial charge in [0.25, 0.3) is 0 Å². The van der Waals surface area contributed by atoms with Gasteiger partial charge in [-0.15, -0.1) is 6.58 Å².